The Morgan fingerprint density at radius 2 is 1.89 bits per heavy atom. The van der Waals surface area contributed by atoms with Gasteiger partial charge in [0.2, 0.25) is 11.7 Å². The number of hydrogen-bond donors (Lipinski definition) is 1. The summed E-state index contributed by atoms with van der Waals surface area (Å²) in [6.45, 7) is 0. The fraction of sp³-hybridized carbons (Fsp3) is 0.0588. The van der Waals surface area contributed by atoms with Gasteiger partial charge in [0, 0.05) is 11.1 Å². The molecule has 0 aliphatic rings. The summed E-state index contributed by atoms with van der Waals surface area (Å²) >= 11 is 1.43. The lowest BCUT2D eigenvalue weighted by Crippen LogP contribution is -2.12. The number of thiazole rings is 1. The van der Waals surface area contributed by atoms with Gasteiger partial charge < -0.3 is 10.3 Å². The van der Waals surface area contributed by atoms with E-state index in [2.05, 4.69) is 19.6 Å². The first-order valence-electron chi connectivity index (χ1n) is 7.51. The first-order valence-corrected chi connectivity index (χ1v) is 8.39. The Morgan fingerprint density at radius 1 is 1.11 bits per heavy atom. The van der Waals surface area contributed by atoms with Crippen molar-refractivity contribution in [3.05, 3.63) is 53.4 Å². The zero-order chi connectivity index (χ0) is 19.2. The Kier molecular flexibility index (Phi) is 3.92. The van der Waals surface area contributed by atoms with Crippen molar-refractivity contribution in [2.24, 2.45) is 5.73 Å². The van der Waals surface area contributed by atoms with Gasteiger partial charge in [-0.15, -0.1) is 11.3 Å². The van der Waals surface area contributed by atoms with Crippen LogP contribution in [0.15, 0.2) is 46.4 Å². The van der Waals surface area contributed by atoms with Crippen molar-refractivity contribution in [3.63, 3.8) is 0 Å². The molecular formula is C17H9F3N4O2S. The number of carbonyl (C=O) groups is 1. The van der Waals surface area contributed by atoms with Crippen LogP contribution >= 0.6 is 11.3 Å². The van der Waals surface area contributed by atoms with E-state index in [1.54, 1.807) is 17.6 Å². The van der Waals surface area contributed by atoms with Crippen molar-refractivity contribution in [1.29, 1.82) is 0 Å². The normalized spacial score (nSPS) is 11.8. The van der Waals surface area contributed by atoms with Crippen LogP contribution in [0.5, 0.6) is 0 Å². The van der Waals surface area contributed by atoms with E-state index < -0.39 is 18.0 Å². The number of benzene rings is 2. The van der Waals surface area contributed by atoms with Gasteiger partial charge in [0.15, 0.2) is 0 Å². The Labute approximate surface area is 153 Å². The Balaban J connectivity index is 1.85. The van der Waals surface area contributed by atoms with E-state index in [1.165, 1.54) is 29.5 Å². The fourth-order valence-electron chi connectivity index (χ4n) is 2.62. The number of hydrogen-bond acceptors (Lipinski definition) is 6. The maximum Gasteiger partial charge on any atom is 0.471 e. The summed E-state index contributed by atoms with van der Waals surface area (Å²) in [6.07, 6.45) is -4.74. The van der Waals surface area contributed by atoms with Gasteiger partial charge >= 0.3 is 12.1 Å². The molecular weight excluding hydrogens is 381 g/mol. The molecule has 6 nitrogen and oxygen atoms in total. The van der Waals surface area contributed by atoms with Crippen molar-refractivity contribution in [1.82, 2.24) is 15.1 Å². The highest BCUT2D eigenvalue weighted by atomic mass is 32.1. The van der Waals surface area contributed by atoms with Crippen LogP contribution in [0, 0.1) is 0 Å². The molecule has 10 heteroatoms. The van der Waals surface area contributed by atoms with E-state index in [1.807, 2.05) is 6.07 Å². The highest BCUT2D eigenvalue weighted by molar-refractivity contribution is 7.16. The van der Waals surface area contributed by atoms with E-state index in [-0.39, 0.29) is 17.0 Å². The van der Waals surface area contributed by atoms with Crippen molar-refractivity contribution >= 4 is 27.5 Å². The van der Waals surface area contributed by atoms with Crippen LogP contribution < -0.4 is 5.73 Å². The lowest BCUT2D eigenvalue weighted by Gasteiger charge is -2.09. The molecule has 0 atom stereocenters. The summed E-state index contributed by atoms with van der Waals surface area (Å²) in [5, 5.41) is 3.37. The second-order valence-electron chi connectivity index (χ2n) is 5.58. The standard InChI is InChI=1S/C17H9F3N4O2S/c18-17(19,20)16-23-15(24-26-16)9-1-3-10(14(21)25)11(5-9)8-2-4-12-13(6-8)27-7-22-12/h1-7H,(H2,21,25). The van der Waals surface area contributed by atoms with Crippen LogP contribution in [-0.2, 0) is 6.18 Å². The van der Waals surface area contributed by atoms with Crippen molar-refractivity contribution < 1.29 is 22.5 Å². The zero-order valence-corrected chi connectivity index (χ0v) is 14.1. The molecule has 2 aromatic heterocycles. The number of alkyl halides is 3. The zero-order valence-electron chi connectivity index (χ0n) is 13.3. The quantitative estimate of drug-likeness (QED) is 0.568. The number of primary amides is 1. The minimum absolute atomic E-state index is 0.224. The molecule has 27 heavy (non-hydrogen) atoms. The molecule has 1 amide bonds. The predicted octanol–water partition coefficient (Wildman–Crippen LogP) is 4.13. The van der Waals surface area contributed by atoms with Crippen LogP contribution in [0.4, 0.5) is 13.2 Å². The Hall–Kier alpha value is -3.27. The van der Waals surface area contributed by atoms with Gasteiger partial charge in [0.25, 0.3) is 0 Å². The van der Waals surface area contributed by atoms with Crippen molar-refractivity contribution in [3.8, 4) is 22.5 Å². The first-order chi connectivity index (χ1) is 12.8. The van der Waals surface area contributed by atoms with Crippen LogP contribution in [0.2, 0.25) is 0 Å². The largest absolute Gasteiger partial charge is 0.471 e. The number of aromatic nitrogens is 3. The Morgan fingerprint density at radius 3 is 2.59 bits per heavy atom. The van der Waals surface area contributed by atoms with E-state index in [4.69, 9.17) is 5.73 Å². The summed E-state index contributed by atoms with van der Waals surface area (Å²) in [6, 6.07) is 9.72. The maximum absolute atomic E-state index is 12.7. The molecule has 2 aromatic carbocycles. The van der Waals surface area contributed by atoms with Crippen LogP contribution in [-0.4, -0.2) is 21.0 Å². The van der Waals surface area contributed by atoms with Gasteiger partial charge in [-0.05, 0) is 35.4 Å². The van der Waals surface area contributed by atoms with E-state index in [0.717, 1.165) is 10.2 Å². The van der Waals surface area contributed by atoms with Crippen molar-refractivity contribution in [2.45, 2.75) is 6.18 Å². The van der Waals surface area contributed by atoms with Crippen molar-refractivity contribution in [2.75, 3.05) is 0 Å². The molecule has 0 radical (unpaired) electrons. The predicted molar refractivity (Wildman–Crippen MR) is 91.9 cm³/mol. The third-order valence-electron chi connectivity index (χ3n) is 3.85. The molecule has 0 aliphatic heterocycles. The number of halogens is 3. The monoisotopic (exact) mass is 390 g/mol. The molecule has 0 fully saturated rings. The number of nitrogens with two attached hydrogens (primary N) is 1. The topological polar surface area (TPSA) is 94.9 Å². The fourth-order valence-corrected chi connectivity index (χ4v) is 3.33. The summed E-state index contributed by atoms with van der Waals surface area (Å²) in [5.74, 6) is -2.34. The van der Waals surface area contributed by atoms with Gasteiger partial charge in [0.1, 0.15) is 0 Å². The number of amides is 1. The third kappa shape index (κ3) is 3.14. The van der Waals surface area contributed by atoms with Gasteiger partial charge in [0.05, 0.1) is 15.7 Å². The average Bonchev–Trinajstić information content (AvgIpc) is 3.29. The second kappa shape index (κ2) is 6.16. The third-order valence-corrected chi connectivity index (χ3v) is 4.65. The number of rotatable bonds is 3. The van der Waals surface area contributed by atoms with E-state index in [0.29, 0.717) is 11.1 Å². The van der Waals surface area contributed by atoms with Gasteiger partial charge in [-0.3, -0.25) is 4.79 Å². The van der Waals surface area contributed by atoms with Gasteiger partial charge in [-0.2, -0.15) is 18.2 Å². The number of fused-ring (bicyclic) bond motifs is 1. The molecule has 136 valence electrons. The second-order valence-corrected chi connectivity index (χ2v) is 6.47. The molecule has 0 spiro atoms. The molecule has 0 aliphatic carbocycles. The first kappa shape index (κ1) is 17.2. The summed E-state index contributed by atoms with van der Waals surface area (Å²) in [7, 11) is 0. The minimum Gasteiger partial charge on any atom is -0.366 e. The highest BCUT2D eigenvalue weighted by Crippen LogP contribution is 2.33. The summed E-state index contributed by atoms with van der Waals surface area (Å²) in [5.41, 5.74) is 9.55. The lowest BCUT2D eigenvalue weighted by atomic mass is 9.96. The average molecular weight is 390 g/mol. The summed E-state index contributed by atoms with van der Waals surface area (Å²) < 4.78 is 43.2. The molecule has 2 heterocycles. The van der Waals surface area contributed by atoms with Gasteiger partial charge in [-0.25, -0.2) is 4.98 Å². The SMILES string of the molecule is NC(=O)c1ccc(-c2noc(C(F)(F)F)n2)cc1-c1ccc2ncsc2c1. The molecule has 0 saturated carbocycles. The molecule has 4 aromatic rings. The van der Waals surface area contributed by atoms with Gasteiger partial charge in [-0.1, -0.05) is 17.3 Å². The molecule has 0 unspecified atom stereocenters. The molecule has 0 saturated heterocycles. The van der Waals surface area contributed by atoms with Crippen LogP contribution in [0.3, 0.4) is 0 Å². The molecule has 0 bridgehead atoms. The van der Waals surface area contributed by atoms with Crippen LogP contribution in [0.1, 0.15) is 16.2 Å². The number of carbonyl (C=O) groups excluding carboxylic acids is 1. The molecule has 2 N–H and O–H groups in total. The molecule has 4 rings (SSSR count). The number of nitrogens with zero attached hydrogens (tertiary/aromatic N) is 3. The minimum atomic E-state index is -4.74. The smallest absolute Gasteiger partial charge is 0.366 e. The summed E-state index contributed by atoms with van der Waals surface area (Å²) in [4.78, 5) is 19.4. The Bertz CT molecular complexity index is 1170. The lowest BCUT2D eigenvalue weighted by molar-refractivity contribution is -0.159. The maximum atomic E-state index is 12.7. The highest BCUT2D eigenvalue weighted by Gasteiger charge is 2.38. The van der Waals surface area contributed by atoms with E-state index >= 15 is 0 Å². The van der Waals surface area contributed by atoms with E-state index in [9.17, 15) is 18.0 Å². The van der Waals surface area contributed by atoms with Crippen LogP contribution in [0.25, 0.3) is 32.7 Å².